The Hall–Kier alpha value is -3.78. The lowest BCUT2D eigenvalue weighted by Gasteiger charge is -2.10. The molecule has 8 heteroatoms. The molecule has 0 radical (unpaired) electrons. The van der Waals surface area contributed by atoms with Crippen molar-refractivity contribution in [3.05, 3.63) is 83.3 Å². The third-order valence-electron chi connectivity index (χ3n) is 5.67. The molecule has 0 aliphatic rings. The zero-order valence-electron chi connectivity index (χ0n) is 19.0. The van der Waals surface area contributed by atoms with Crippen molar-refractivity contribution in [2.45, 2.75) is 34.2 Å². The molecule has 0 fully saturated rings. The highest BCUT2D eigenvalue weighted by Gasteiger charge is 2.15. The van der Waals surface area contributed by atoms with E-state index in [2.05, 4.69) is 73.4 Å². The Labute approximate surface area is 196 Å². The van der Waals surface area contributed by atoms with Crippen LogP contribution in [0.1, 0.15) is 28.3 Å². The van der Waals surface area contributed by atoms with Gasteiger partial charge in [-0.05, 0) is 63.1 Å². The fraction of sp³-hybridized carbons (Fsp3) is 0.200. The summed E-state index contributed by atoms with van der Waals surface area (Å²) < 4.78 is 2.12. The van der Waals surface area contributed by atoms with Crippen LogP contribution in [0.5, 0.6) is 0 Å². The van der Waals surface area contributed by atoms with E-state index in [-0.39, 0.29) is 0 Å². The molecule has 0 saturated heterocycles. The van der Waals surface area contributed by atoms with E-state index in [4.69, 9.17) is 4.98 Å². The molecule has 0 amide bonds. The largest absolute Gasteiger partial charge is 0.331 e. The van der Waals surface area contributed by atoms with Gasteiger partial charge in [0.2, 0.25) is 5.95 Å². The van der Waals surface area contributed by atoms with Crippen molar-refractivity contribution in [1.29, 1.82) is 0 Å². The molecule has 0 aliphatic heterocycles. The summed E-state index contributed by atoms with van der Waals surface area (Å²) in [4.78, 5) is 15.9. The molecule has 0 unspecified atom stereocenters. The highest BCUT2D eigenvalue weighted by molar-refractivity contribution is 7.18. The average molecular weight is 456 g/mol. The van der Waals surface area contributed by atoms with E-state index in [0.29, 0.717) is 5.95 Å². The molecule has 4 heterocycles. The summed E-state index contributed by atoms with van der Waals surface area (Å²) in [7, 11) is 0. The van der Waals surface area contributed by atoms with Crippen LogP contribution in [0.3, 0.4) is 0 Å². The second-order valence-corrected chi connectivity index (χ2v) is 9.21. The number of hydrogen-bond donors (Lipinski definition) is 2. The lowest BCUT2D eigenvalue weighted by atomic mass is 10.1. The van der Waals surface area contributed by atoms with Crippen molar-refractivity contribution in [3.8, 4) is 21.0 Å². The Bertz CT molecular complexity index is 1390. The number of nitrogens with one attached hydrogen (secondary N) is 2. The first-order valence-corrected chi connectivity index (χ1v) is 11.6. The van der Waals surface area contributed by atoms with Gasteiger partial charge >= 0.3 is 0 Å². The second kappa shape index (κ2) is 8.63. The Kier molecular flexibility index (Phi) is 5.51. The van der Waals surface area contributed by atoms with E-state index in [1.165, 1.54) is 16.0 Å². The number of rotatable bonds is 6. The molecule has 2 N–H and O–H groups in total. The van der Waals surface area contributed by atoms with Crippen LogP contribution in [0.4, 0.5) is 11.6 Å². The van der Waals surface area contributed by atoms with Gasteiger partial charge in [0.05, 0.1) is 16.3 Å². The van der Waals surface area contributed by atoms with Crippen molar-refractivity contribution in [2.24, 2.45) is 0 Å². The van der Waals surface area contributed by atoms with Crippen molar-refractivity contribution >= 4 is 23.0 Å². The Morgan fingerprint density at radius 1 is 0.970 bits per heavy atom. The predicted molar refractivity (Wildman–Crippen MR) is 133 cm³/mol. The highest BCUT2D eigenvalue weighted by Crippen LogP contribution is 2.37. The summed E-state index contributed by atoms with van der Waals surface area (Å²) in [5.74, 6) is 1.59. The third-order valence-corrected chi connectivity index (χ3v) is 6.78. The van der Waals surface area contributed by atoms with Crippen LogP contribution in [0.15, 0.2) is 55.0 Å². The monoisotopic (exact) mass is 455 g/mol. The minimum Gasteiger partial charge on any atom is -0.331 e. The van der Waals surface area contributed by atoms with E-state index >= 15 is 0 Å². The van der Waals surface area contributed by atoms with Crippen molar-refractivity contribution in [1.82, 2.24) is 29.7 Å². The van der Waals surface area contributed by atoms with Crippen molar-refractivity contribution in [3.63, 3.8) is 0 Å². The normalized spacial score (nSPS) is 11.2. The van der Waals surface area contributed by atoms with Gasteiger partial charge in [-0.2, -0.15) is 5.10 Å². The molecular weight excluding hydrogens is 430 g/mol. The molecule has 0 atom stereocenters. The summed E-state index contributed by atoms with van der Waals surface area (Å²) in [6.45, 7) is 8.93. The third kappa shape index (κ3) is 4.29. The van der Waals surface area contributed by atoms with Gasteiger partial charge in [-0.1, -0.05) is 12.1 Å². The number of aryl methyl sites for hydroxylation is 4. The molecule has 0 spiro atoms. The van der Waals surface area contributed by atoms with E-state index in [1.54, 1.807) is 11.3 Å². The van der Waals surface area contributed by atoms with Crippen LogP contribution in [-0.4, -0.2) is 29.7 Å². The number of H-pyrrole nitrogens is 1. The van der Waals surface area contributed by atoms with E-state index < -0.39 is 0 Å². The lowest BCUT2D eigenvalue weighted by Crippen LogP contribution is -2.02. The van der Waals surface area contributed by atoms with E-state index in [9.17, 15) is 0 Å². The first-order valence-electron chi connectivity index (χ1n) is 10.8. The Balaban J connectivity index is 1.36. The molecule has 166 valence electrons. The molecule has 5 rings (SSSR count). The molecule has 1 aromatic carbocycles. The minimum absolute atomic E-state index is 0.583. The van der Waals surface area contributed by atoms with Crippen molar-refractivity contribution < 1.29 is 0 Å². The molecule has 0 aliphatic carbocycles. The quantitative estimate of drug-likeness (QED) is 0.337. The van der Waals surface area contributed by atoms with Crippen LogP contribution >= 0.6 is 11.3 Å². The van der Waals surface area contributed by atoms with Gasteiger partial charge in [0, 0.05) is 47.0 Å². The summed E-state index contributed by atoms with van der Waals surface area (Å²) >= 11 is 1.72. The minimum atomic E-state index is 0.583. The zero-order valence-corrected chi connectivity index (χ0v) is 19.9. The second-order valence-electron chi connectivity index (χ2n) is 8.12. The van der Waals surface area contributed by atoms with Crippen LogP contribution in [-0.2, 0) is 6.54 Å². The number of anilines is 2. The zero-order chi connectivity index (χ0) is 22.9. The number of hydrogen-bond acceptors (Lipinski definition) is 6. The van der Waals surface area contributed by atoms with Gasteiger partial charge in [-0.15, -0.1) is 11.3 Å². The van der Waals surface area contributed by atoms with Gasteiger partial charge in [0.15, 0.2) is 0 Å². The van der Waals surface area contributed by atoms with Gasteiger partial charge in [-0.25, -0.2) is 15.0 Å². The topological polar surface area (TPSA) is 84.3 Å². The number of nitrogens with zero attached hydrogens (tertiary/aromatic N) is 5. The van der Waals surface area contributed by atoms with Gasteiger partial charge in [0.25, 0.3) is 0 Å². The summed E-state index contributed by atoms with van der Waals surface area (Å²) in [6, 6.07) is 12.6. The average Bonchev–Trinajstić information content (AvgIpc) is 3.52. The molecule has 33 heavy (non-hydrogen) atoms. The predicted octanol–water partition coefficient (Wildman–Crippen LogP) is 5.82. The summed E-state index contributed by atoms with van der Waals surface area (Å²) in [5, 5.41) is 10.7. The SMILES string of the molecule is Cc1cnc(Nc2ccc(Cn3ccnc3C)cc2)nc1-c1ccc(-c2c(C)n[nH]c2C)s1. The van der Waals surface area contributed by atoms with Crippen molar-refractivity contribution in [2.75, 3.05) is 5.32 Å². The molecule has 4 aromatic heterocycles. The lowest BCUT2D eigenvalue weighted by molar-refractivity contribution is 0.762. The fourth-order valence-corrected chi connectivity index (χ4v) is 5.07. The number of thiophene rings is 1. The van der Waals surface area contributed by atoms with E-state index in [1.807, 2.05) is 39.4 Å². The molecule has 0 saturated carbocycles. The van der Waals surface area contributed by atoms with Crippen LogP contribution in [0, 0.1) is 27.7 Å². The van der Waals surface area contributed by atoms with Gasteiger partial charge in [0.1, 0.15) is 5.82 Å². The number of aromatic amines is 1. The van der Waals surface area contributed by atoms with Gasteiger partial charge < -0.3 is 9.88 Å². The molecular formula is C25H25N7S. The maximum atomic E-state index is 4.82. The molecule has 5 aromatic rings. The molecule has 0 bridgehead atoms. The van der Waals surface area contributed by atoms with E-state index in [0.717, 1.165) is 45.6 Å². The van der Waals surface area contributed by atoms with Crippen LogP contribution in [0.2, 0.25) is 0 Å². The van der Waals surface area contributed by atoms with Crippen LogP contribution in [0.25, 0.3) is 21.0 Å². The Morgan fingerprint density at radius 3 is 2.45 bits per heavy atom. The van der Waals surface area contributed by atoms with Gasteiger partial charge in [-0.3, -0.25) is 5.10 Å². The maximum Gasteiger partial charge on any atom is 0.227 e. The first kappa shape index (κ1) is 21.1. The Morgan fingerprint density at radius 2 is 1.76 bits per heavy atom. The summed E-state index contributed by atoms with van der Waals surface area (Å²) in [6.07, 6.45) is 5.69. The summed E-state index contributed by atoms with van der Waals surface area (Å²) in [5.41, 5.74) is 7.40. The maximum absolute atomic E-state index is 4.82. The fourth-order valence-electron chi connectivity index (χ4n) is 3.86. The molecule has 7 nitrogen and oxygen atoms in total. The first-order chi connectivity index (χ1) is 16.0. The number of imidazole rings is 1. The highest BCUT2D eigenvalue weighted by atomic mass is 32.1. The smallest absolute Gasteiger partial charge is 0.227 e. The number of benzene rings is 1. The number of aromatic nitrogens is 6. The van der Waals surface area contributed by atoms with Crippen LogP contribution < -0.4 is 5.32 Å². The standard InChI is InChI=1S/C25H25N7S/c1-15-13-27-25(28-20-7-5-19(6-8-20)14-32-12-11-26-18(32)4)29-24(15)22-10-9-21(33-22)23-16(2)30-31-17(23)3/h5-13H,14H2,1-4H3,(H,30,31)(H,27,28,29).